The molecule has 0 radical (unpaired) electrons. The van der Waals surface area contributed by atoms with Gasteiger partial charge in [-0.2, -0.15) is 0 Å². The lowest BCUT2D eigenvalue weighted by Gasteiger charge is -2.18. The number of nitrogens with zero attached hydrogens (tertiary/aromatic N) is 1. The summed E-state index contributed by atoms with van der Waals surface area (Å²) >= 11 is 0. The smallest absolute Gasteiger partial charge is 0.152 e. The van der Waals surface area contributed by atoms with E-state index in [0.717, 1.165) is 6.07 Å². The Bertz CT molecular complexity index is 574. The van der Waals surface area contributed by atoms with Gasteiger partial charge in [-0.05, 0) is 32.4 Å². The van der Waals surface area contributed by atoms with Gasteiger partial charge < -0.3 is 4.84 Å². The molecule has 0 amide bonds. The molecular formula is C13H15F2NO2S. The fourth-order valence-corrected chi connectivity index (χ4v) is 3.04. The molecule has 19 heavy (non-hydrogen) atoms. The first-order valence-electron chi connectivity index (χ1n) is 5.99. The van der Waals surface area contributed by atoms with Crippen LogP contribution in [0.4, 0.5) is 8.78 Å². The van der Waals surface area contributed by atoms with Crippen LogP contribution in [0.1, 0.15) is 32.3 Å². The quantitative estimate of drug-likeness (QED) is 0.837. The summed E-state index contributed by atoms with van der Waals surface area (Å²) in [5.74, 6) is -1.44. The van der Waals surface area contributed by atoms with Crippen LogP contribution in [0, 0.1) is 18.6 Å². The molecule has 2 unspecified atom stereocenters. The molecule has 1 aromatic rings. The van der Waals surface area contributed by atoms with E-state index < -0.39 is 28.0 Å². The molecule has 1 aliphatic heterocycles. The molecule has 0 saturated heterocycles. The predicted octanol–water partition coefficient (Wildman–Crippen LogP) is 3.28. The lowest BCUT2D eigenvalue weighted by molar-refractivity contribution is -0.00604. The molecule has 6 heteroatoms. The molecule has 0 aliphatic carbocycles. The van der Waals surface area contributed by atoms with E-state index >= 15 is 0 Å². The highest BCUT2D eigenvalue weighted by Gasteiger charge is 2.36. The number of benzene rings is 1. The van der Waals surface area contributed by atoms with Gasteiger partial charge >= 0.3 is 0 Å². The Morgan fingerprint density at radius 2 is 2.16 bits per heavy atom. The zero-order valence-electron chi connectivity index (χ0n) is 11.0. The normalized spacial score (nSPS) is 23.9. The average Bonchev–Trinajstić information content (AvgIpc) is 2.79. The van der Waals surface area contributed by atoms with E-state index in [9.17, 15) is 13.0 Å². The van der Waals surface area contributed by atoms with Gasteiger partial charge in [-0.15, -0.1) is 0 Å². The van der Waals surface area contributed by atoms with Crippen molar-refractivity contribution in [3.63, 3.8) is 0 Å². The second-order valence-corrected chi connectivity index (χ2v) is 6.26. The number of oxime groups is 1. The third-order valence-corrected chi connectivity index (χ3v) is 4.70. The van der Waals surface area contributed by atoms with Crippen molar-refractivity contribution in [1.29, 1.82) is 0 Å². The SMILES string of the molecule is CCC1(C)CC(S(=O)c2ccc(F)c(C)c2F)=NO1. The van der Waals surface area contributed by atoms with Crippen molar-refractivity contribution in [2.45, 2.75) is 44.1 Å². The molecule has 0 N–H and O–H groups in total. The Morgan fingerprint density at radius 3 is 2.74 bits per heavy atom. The number of halogens is 2. The van der Waals surface area contributed by atoms with Crippen molar-refractivity contribution in [2.75, 3.05) is 0 Å². The molecule has 1 heterocycles. The summed E-state index contributed by atoms with van der Waals surface area (Å²) in [5, 5.41) is 4.07. The summed E-state index contributed by atoms with van der Waals surface area (Å²) in [7, 11) is -1.75. The molecule has 0 saturated carbocycles. The molecule has 1 aromatic carbocycles. The van der Waals surface area contributed by atoms with Gasteiger partial charge in [0.25, 0.3) is 0 Å². The Morgan fingerprint density at radius 1 is 1.47 bits per heavy atom. The summed E-state index contributed by atoms with van der Waals surface area (Å²) in [6.07, 6.45) is 1.09. The van der Waals surface area contributed by atoms with Crippen LogP contribution < -0.4 is 0 Å². The first-order chi connectivity index (χ1) is 8.88. The monoisotopic (exact) mass is 287 g/mol. The highest BCUT2D eigenvalue weighted by atomic mass is 32.2. The van der Waals surface area contributed by atoms with Gasteiger partial charge in [0, 0.05) is 12.0 Å². The number of hydrogen-bond acceptors (Lipinski definition) is 3. The van der Waals surface area contributed by atoms with Crippen molar-refractivity contribution in [1.82, 2.24) is 0 Å². The largest absolute Gasteiger partial charge is 0.388 e. The van der Waals surface area contributed by atoms with Gasteiger partial charge in [-0.3, -0.25) is 0 Å². The topological polar surface area (TPSA) is 38.7 Å². The highest BCUT2D eigenvalue weighted by Crippen LogP contribution is 2.30. The van der Waals surface area contributed by atoms with Gasteiger partial charge in [-0.25, -0.2) is 13.0 Å². The Kier molecular flexibility index (Phi) is 3.71. The molecule has 0 fully saturated rings. The molecule has 0 spiro atoms. The van der Waals surface area contributed by atoms with E-state index in [1.165, 1.54) is 13.0 Å². The van der Waals surface area contributed by atoms with Crippen molar-refractivity contribution in [3.05, 3.63) is 29.3 Å². The van der Waals surface area contributed by atoms with Crippen LogP contribution in [0.15, 0.2) is 22.2 Å². The van der Waals surface area contributed by atoms with E-state index in [1.807, 2.05) is 13.8 Å². The summed E-state index contributed by atoms with van der Waals surface area (Å²) in [5.41, 5.74) is -0.625. The van der Waals surface area contributed by atoms with Crippen LogP contribution in [-0.2, 0) is 15.6 Å². The standard InChI is InChI=1S/C13H15F2NO2S/c1-4-13(3)7-11(16-18-13)19(17)10-6-5-9(14)8(2)12(10)15/h5-6H,4,7H2,1-3H3. The van der Waals surface area contributed by atoms with Crippen molar-refractivity contribution >= 4 is 15.8 Å². The Balaban J connectivity index is 2.30. The zero-order chi connectivity index (χ0) is 14.2. The maximum Gasteiger partial charge on any atom is 0.152 e. The van der Waals surface area contributed by atoms with E-state index in [1.54, 1.807) is 0 Å². The van der Waals surface area contributed by atoms with Gasteiger partial charge in [0.2, 0.25) is 0 Å². The molecule has 0 bridgehead atoms. The minimum atomic E-state index is -1.75. The van der Waals surface area contributed by atoms with Crippen LogP contribution in [0.25, 0.3) is 0 Å². The third-order valence-electron chi connectivity index (χ3n) is 3.34. The number of hydrogen-bond donors (Lipinski definition) is 0. The van der Waals surface area contributed by atoms with Gasteiger partial charge in [0.05, 0.1) is 4.90 Å². The lowest BCUT2D eigenvalue weighted by Crippen LogP contribution is -2.24. The average molecular weight is 287 g/mol. The Labute approximate surface area is 113 Å². The van der Waals surface area contributed by atoms with Crippen molar-refractivity contribution < 1.29 is 17.8 Å². The third kappa shape index (κ3) is 2.54. The zero-order valence-corrected chi connectivity index (χ0v) is 11.8. The molecular weight excluding hydrogens is 272 g/mol. The van der Waals surface area contributed by atoms with E-state index in [4.69, 9.17) is 4.84 Å². The van der Waals surface area contributed by atoms with E-state index in [-0.39, 0.29) is 15.5 Å². The summed E-state index contributed by atoms with van der Waals surface area (Å²) in [4.78, 5) is 5.18. The Hall–Kier alpha value is -1.30. The van der Waals surface area contributed by atoms with Gasteiger partial charge in [0.1, 0.15) is 28.0 Å². The fraction of sp³-hybridized carbons (Fsp3) is 0.462. The molecule has 3 nitrogen and oxygen atoms in total. The molecule has 1 aliphatic rings. The first-order valence-corrected chi connectivity index (χ1v) is 7.14. The minimum Gasteiger partial charge on any atom is -0.388 e. The maximum absolute atomic E-state index is 13.9. The fourth-order valence-electron chi connectivity index (χ4n) is 1.74. The highest BCUT2D eigenvalue weighted by molar-refractivity contribution is 8.00. The van der Waals surface area contributed by atoms with Crippen molar-refractivity contribution in [2.24, 2.45) is 5.16 Å². The molecule has 2 rings (SSSR count). The lowest BCUT2D eigenvalue weighted by atomic mass is 10.0. The molecule has 0 aromatic heterocycles. The second kappa shape index (κ2) is 5.00. The first kappa shape index (κ1) is 14.1. The molecule has 2 atom stereocenters. The van der Waals surface area contributed by atoms with E-state index in [0.29, 0.717) is 12.8 Å². The molecule has 104 valence electrons. The maximum atomic E-state index is 13.9. The summed E-state index contributed by atoms with van der Waals surface area (Å²) in [6, 6.07) is 2.30. The minimum absolute atomic E-state index is 0.0541. The summed E-state index contributed by atoms with van der Waals surface area (Å²) < 4.78 is 39.4. The van der Waals surface area contributed by atoms with Crippen LogP contribution in [0.3, 0.4) is 0 Å². The predicted molar refractivity (Wildman–Crippen MR) is 69.3 cm³/mol. The summed E-state index contributed by atoms with van der Waals surface area (Å²) in [6.45, 7) is 5.10. The second-order valence-electron chi connectivity index (χ2n) is 4.81. The van der Waals surface area contributed by atoms with Crippen LogP contribution in [0.5, 0.6) is 0 Å². The van der Waals surface area contributed by atoms with Crippen molar-refractivity contribution in [3.8, 4) is 0 Å². The van der Waals surface area contributed by atoms with Gasteiger partial charge in [0.15, 0.2) is 5.04 Å². The van der Waals surface area contributed by atoms with Gasteiger partial charge in [-0.1, -0.05) is 12.1 Å². The van der Waals surface area contributed by atoms with Crippen LogP contribution in [0.2, 0.25) is 0 Å². The van der Waals surface area contributed by atoms with Crippen LogP contribution >= 0.6 is 0 Å². The number of rotatable bonds is 2. The van der Waals surface area contributed by atoms with Crippen LogP contribution in [-0.4, -0.2) is 14.9 Å². The van der Waals surface area contributed by atoms with E-state index in [2.05, 4.69) is 5.16 Å².